The lowest BCUT2D eigenvalue weighted by molar-refractivity contribution is 0.0599. The lowest BCUT2D eigenvalue weighted by Gasteiger charge is -2.36. The fourth-order valence-corrected chi connectivity index (χ4v) is 3.96. The molecular formula is C18H21F2N3OS. The van der Waals surface area contributed by atoms with Crippen molar-refractivity contribution in [3.63, 3.8) is 0 Å². The maximum absolute atomic E-state index is 13.4. The number of carbonyl (C=O) groups excluding carboxylic acids is 1. The van der Waals surface area contributed by atoms with Crippen LogP contribution < -0.4 is 0 Å². The minimum absolute atomic E-state index is 0.0350. The van der Waals surface area contributed by atoms with Gasteiger partial charge in [-0.25, -0.2) is 13.8 Å². The first-order valence-electron chi connectivity index (χ1n) is 8.33. The van der Waals surface area contributed by atoms with Gasteiger partial charge in [-0.1, -0.05) is 0 Å². The Balaban J connectivity index is 1.78. The minimum atomic E-state index is -0.914. The molecule has 3 rings (SSSR count). The highest BCUT2D eigenvalue weighted by molar-refractivity contribution is 7.17. The third-order valence-electron chi connectivity index (χ3n) is 4.49. The van der Waals surface area contributed by atoms with Gasteiger partial charge in [-0.15, -0.1) is 11.3 Å². The fourth-order valence-electron chi connectivity index (χ4n) is 2.93. The number of nitrogens with zero attached hydrogens (tertiary/aromatic N) is 3. The van der Waals surface area contributed by atoms with E-state index in [-0.39, 0.29) is 5.91 Å². The molecule has 2 heterocycles. The molecule has 7 heteroatoms. The summed E-state index contributed by atoms with van der Waals surface area (Å²) in [6, 6.07) is 4.14. The van der Waals surface area contributed by atoms with Crippen LogP contribution in [0.1, 0.15) is 29.2 Å². The van der Waals surface area contributed by atoms with Gasteiger partial charge in [-0.2, -0.15) is 0 Å². The van der Waals surface area contributed by atoms with E-state index in [9.17, 15) is 13.6 Å². The maximum atomic E-state index is 13.4. The van der Waals surface area contributed by atoms with E-state index in [0.717, 1.165) is 25.2 Å². The standard InChI is InChI=1S/C18H21F2N3OS/c1-11(2)22-6-8-23(9-7-22)18(24)16-12(3)21-17(25-16)13-4-5-14(19)15(20)10-13/h4-5,10-11H,6-9H2,1-3H3. The Bertz CT molecular complexity index is 783. The second-order valence-corrected chi connectivity index (χ2v) is 7.48. The van der Waals surface area contributed by atoms with Crippen LogP contribution >= 0.6 is 11.3 Å². The van der Waals surface area contributed by atoms with Crippen LogP contribution in [-0.2, 0) is 0 Å². The number of hydrogen-bond acceptors (Lipinski definition) is 4. The van der Waals surface area contributed by atoms with Gasteiger partial charge in [0.05, 0.1) is 5.69 Å². The van der Waals surface area contributed by atoms with E-state index in [1.807, 2.05) is 4.90 Å². The number of piperazine rings is 1. The number of amides is 1. The zero-order valence-electron chi connectivity index (χ0n) is 14.6. The van der Waals surface area contributed by atoms with E-state index in [4.69, 9.17) is 0 Å². The summed E-state index contributed by atoms with van der Waals surface area (Å²) >= 11 is 1.23. The van der Waals surface area contributed by atoms with Gasteiger partial charge in [0.15, 0.2) is 11.6 Å². The molecule has 0 atom stereocenters. The first-order chi connectivity index (χ1) is 11.9. The molecule has 2 aromatic rings. The summed E-state index contributed by atoms with van der Waals surface area (Å²) in [5.41, 5.74) is 1.11. The van der Waals surface area contributed by atoms with Crippen molar-refractivity contribution in [3.8, 4) is 10.6 Å². The number of thiazole rings is 1. The van der Waals surface area contributed by atoms with Crippen molar-refractivity contribution in [2.45, 2.75) is 26.8 Å². The largest absolute Gasteiger partial charge is 0.335 e. The van der Waals surface area contributed by atoms with Crippen LogP contribution in [0, 0.1) is 18.6 Å². The third kappa shape index (κ3) is 3.72. The number of carbonyl (C=O) groups is 1. The quantitative estimate of drug-likeness (QED) is 0.834. The van der Waals surface area contributed by atoms with Gasteiger partial charge in [0.2, 0.25) is 0 Å². The Hall–Kier alpha value is -1.86. The Kier molecular flexibility index (Phi) is 5.15. The van der Waals surface area contributed by atoms with E-state index in [1.54, 1.807) is 6.92 Å². The molecule has 0 spiro atoms. The summed E-state index contributed by atoms with van der Waals surface area (Å²) in [6.45, 7) is 9.17. The number of halogens is 2. The molecule has 1 aliphatic heterocycles. The molecule has 1 fully saturated rings. The Morgan fingerprint density at radius 3 is 2.44 bits per heavy atom. The fraction of sp³-hybridized carbons (Fsp3) is 0.444. The SMILES string of the molecule is Cc1nc(-c2ccc(F)c(F)c2)sc1C(=O)N1CCN(C(C)C)CC1. The predicted molar refractivity (Wildman–Crippen MR) is 94.8 cm³/mol. The van der Waals surface area contributed by atoms with Gasteiger partial charge in [0, 0.05) is 37.8 Å². The Labute approximate surface area is 150 Å². The van der Waals surface area contributed by atoms with E-state index in [2.05, 4.69) is 23.7 Å². The first kappa shape index (κ1) is 17.9. The molecule has 0 radical (unpaired) electrons. The Morgan fingerprint density at radius 2 is 1.84 bits per heavy atom. The number of aromatic nitrogens is 1. The second kappa shape index (κ2) is 7.17. The third-order valence-corrected chi connectivity index (χ3v) is 5.68. The van der Waals surface area contributed by atoms with E-state index < -0.39 is 11.6 Å². The van der Waals surface area contributed by atoms with Crippen molar-refractivity contribution in [2.24, 2.45) is 0 Å². The van der Waals surface area contributed by atoms with Gasteiger partial charge in [0.1, 0.15) is 9.88 Å². The minimum Gasteiger partial charge on any atom is -0.335 e. The summed E-state index contributed by atoms with van der Waals surface area (Å²) in [6.07, 6.45) is 0. The second-order valence-electron chi connectivity index (χ2n) is 6.48. The zero-order chi connectivity index (χ0) is 18.1. The van der Waals surface area contributed by atoms with Crippen molar-refractivity contribution in [1.82, 2.24) is 14.8 Å². The van der Waals surface area contributed by atoms with E-state index in [0.29, 0.717) is 40.3 Å². The summed E-state index contributed by atoms with van der Waals surface area (Å²) < 4.78 is 26.5. The van der Waals surface area contributed by atoms with Gasteiger partial charge in [0.25, 0.3) is 5.91 Å². The topological polar surface area (TPSA) is 36.4 Å². The predicted octanol–water partition coefficient (Wildman–Crippen LogP) is 3.56. The van der Waals surface area contributed by atoms with Gasteiger partial charge in [-0.3, -0.25) is 9.69 Å². The van der Waals surface area contributed by atoms with E-state index >= 15 is 0 Å². The molecule has 134 valence electrons. The highest BCUT2D eigenvalue weighted by Crippen LogP contribution is 2.30. The van der Waals surface area contributed by atoms with Gasteiger partial charge < -0.3 is 4.90 Å². The monoisotopic (exact) mass is 365 g/mol. The van der Waals surface area contributed by atoms with Crippen LogP contribution in [0.5, 0.6) is 0 Å². The van der Waals surface area contributed by atoms with Gasteiger partial charge >= 0.3 is 0 Å². The van der Waals surface area contributed by atoms with Gasteiger partial charge in [-0.05, 0) is 39.0 Å². The summed E-state index contributed by atoms with van der Waals surface area (Å²) in [4.78, 5) is 21.9. The summed E-state index contributed by atoms with van der Waals surface area (Å²) in [5.74, 6) is -1.84. The lowest BCUT2D eigenvalue weighted by atomic mass is 10.2. The van der Waals surface area contributed by atoms with Crippen LogP contribution in [0.15, 0.2) is 18.2 Å². The molecule has 1 aromatic heterocycles. The summed E-state index contributed by atoms with van der Waals surface area (Å²) in [7, 11) is 0. The number of rotatable bonds is 3. The highest BCUT2D eigenvalue weighted by atomic mass is 32.1. The van der Waals surface area contributed by atoms with Crippen molar-refractivity contribution < 1.29 is 13.6 Å². The number of hydrogen-bond donors (Lipinski definition) is 0. The highest BCUT2D eigenvalue weighted by Gasteiger charge is 2.26. The lowest BCUT2D eigenvalue weighted by Crippen LogP contribution is -2.50. The van der Waals surface area contributed by atoms with Crippen molar-refractivity contribution in [2.75, 3.05) is 26.2 Å². The average Bonchev–Trinajstić information content (AvgIpc) is 2.98. The molecule has 25 heavy (non-hydrogen) atoms. The normalized spacial score (nSPS) is 15.8. The van der Waals surface area contributed by atoms with E-state index in [1.165, 1.54) is 17.4 Å². The number of aryl methyl sites for hydroxylation is 1. The van der Waals surface area contributed by atoms with Crippen LogP contribution in [0.2, 0.25) is 0 Å². The Morgan fingerprint density at radius 1 is 1.16 bits per heavy atom. The van der Waals surface area contributed by atoms with Crippen molar-refractivity contribution >= 4 is 17.2 Å². The van der Waals surface area contributed by atoms with Crippen molar-refractivity contribution in [3.05, 3.63) is 40.4 Å². The summed E-state index contributed by atoms with van der Waals surface area (Å²) in [5, 5.41) is 0.528. The molecule has 4 nitrogen and oxygen atoms in total. The molecule has 1 saturated heterocycles. The molecule has 0 bridgehead atoms. The maximum Gasteiger partial charge on any atom is 0.265 e. The molecule has 0 N–H and O–H groups in total. The van der Waals surface area contributed by atoms with Crippen molar-refractivity contribution in [1.29, 1.82) is 0 Å². The molecular weight excluding hydrogens is 344 g/mol. The van der Waals surface area contributed by atoms with Crippen LogP contribution in [-0.4, -0.2) is 52.9 Å². The average molecular weight is 365 g/mol. The molecule has 1 aromatic carbocycles. The molecule has 0 unspecified atom stereocenters. The van der Waals surface area contributed by atoms with Crippen LogP contribution in [0.3, 0.4) is 0 Å². The number of benzene rings is 1. The van der Waals surface area contributed by atoms with Crippen LogP contribution in [0.4, 0.5) is 8.78 Å². The first-order valence-corrected chi connectivity index (χ1v) is 9.14. The molecule has 0 saturated carbocycles. The molecule has 1 amide bonds. The smallest absolute Gasteiger partial charge is 0.265 e. The molecule has 0 aliphatic carbocycles. The van der Waals surface area contributed by atoms with Crippen LogP contribution in [0.25, 0.3) is 10.6 Å². The molecule has 1 aliphatic rings. The zero-order valence-corrected chi connectivity index (χ0v) is 15.4.